The van der Waals surface area contributed by atoms with Crippen molar-refractivity contribution in [2.45, 2.75) is 13.5 Å². The van der Waals surface area contributed by atoms with Crippen LogP contribution < -0.4 is 14.8 Å². The number of aromatic nitrogens is 2. The maximum atomic E-state index is 14.5. The molecule has 0 atom stereocenters. The van der Waals surface area contributed by atoms with Gasteiger partial charge in [-0.2, -0.15) is 15.2 Å². The number of phenols is 1. The Morgan fingerprint density at radius 2 is 1.85 bits per heavy atom. The summed E-state index contributed by atoms with van der Waals surface area (Å²) in [6.07, 6.45) is 0. The van der Waals surface area contributed by atoms with Gasteiger partial charge in [0.15, 0.2) is 0 Å². The Bertz CT molecular complexity index is 1340. The van der Waals surface area contributed by atoms with E-state index in [9.17, 15) is 9.50 Å². The van der Waals surface area contributed by atoms with Gasteiger partial charge in [0.25, 0.3) is 0 Å². The molecule has 1 aromatic heterocycles. The number of halogens is 2. The van der Waals surface area contributed by atoms with Crippen LogP contribution in [-0.4, -0.2) is 22.2 Å². The fourth-order valence-electron chi connectivity index (χ4n) is 3.08. The monoisotopic (exact) mass is 466 g/mol. The molecule has 0 aliphatic heterocycles. The van der Waals surface area contributed by atoms with Crippen LogP contribution in [0.25, 0.3) is 10.9 Å². The SMILES string of the molecule is COc1ccc2nc(OCc3ccc(C#N)cc3)nc(Nc3cc(O)c(C)cc3F)c2c1.Cl. The lowest BCUT2D eigenvalue weighted by Crippen LogP contribution is -2.04. The number of nitriles is 1. The number of phenolic OH excluding ortho intramolecular Hbond substituents is 1. The van der Waals surface area contributed by atoms with Crippen LogP contribution in [0.15, 0.2) is 54.6 Å². The molecule has 2 N–H and O–H groups in total. The Hall–Kier alpha value is -4.09. The molecule has 0 amide bonds. The molecule has 7 nitrogen and oxygen atoms in total. The van der Waals surface area contributed by atoms with Gasteiger partial charge < -0.3 is 19.9 Å². The molecule has 0 bridgehead atoms. The second kappa shape index (κ2) is 10.0. The van der Waals surface area contributed by atoms with E-state index in [0.29, 0.717) is 33.6 Å². The summed E-state index contributed by atoms with van der Waals surface area (Å²) in [5.41, 5.74) is 2.45. The number of benzene rings is 3. The first-order valence-corrected chi connectivity index (χ1v) is 9.70. The molecule has 0 radical (unpaired) electrons. The Kier molecular flexibility index (Phi) is 7.16. The number of anilines is 2. The van der Waals surface area contributed by atoms with E-state index in [1.807, 2.05) is 0 Å². The number of fused-ring (bicyclic) bond motifs is 1. The summed E-state index contributed by atoms with van der Waals surface area (Å²) in [7, 11) is 1.54. The van der Waals surface area contributed by atoms with Crippen LogP contribution in [0.1, 0.15) is 16.7 Å². The Morgan fingerprint density at radius 1 is 1.09 bits per heavy atom. The van der Waals surface area contributed by atoms with Gasteiger partial charge in [0.1, 0.15) is 29.7 Å². The van der Waals surface area contributed by atoms with E-state index in [-0.39, 0.29) is 36.5 Å². The van der Waals surface area contributed by atoms with Crippen LogP contribution in [0.4, 0.5) is 15.9 Å². The number of aryl methyl sites for hydroxylation is 1. The van der Waals surface area contributed by atoms with E-state index < -0.39 is 5.82 Å². The molecule has 0 saturated heterocycles. The average Bonchev–Trinajstić information content (AvgIpc) is 2.81. The fourth-order valence-corrected chi connectivity index (χ4v) is 3.08. The Balaban J connectivity index is 0.00000306. The predicted octanol–water partition coefficient (Wildman–Crippen LogP) is 5.41. The second-order valence-electron chi connectivity index (χ2n) is 7.08. The first kappa shape index (κ1) is 23.6. The lowest BCUT2D eigenvalue weighted by atomic mass is 10.1. The zero-order valence-corrected chi connectivity index (χ0v) is 18.6. The highest BCUT2D eigenvalue weighted by Gasteiger charge is 2.14. The maximum Gasteiger partial charge on any atom is 0.319 e. The summed E-state index contributed by atoms with van der Waals surface area (Å²) in [6.45, 7) is 1.80. The van der Waals surface area contributed by atoms with Crippen molar-refractivity contribution in [1.29, 1.82) is 5.26 Å². The minimum atomic E-state index is -0.532. The van der Waals surface area contributed by atoms with Crippen LogP contribution in [0.5, 0.6) is 17.5 Å². The van der Waals surface area contributed by atoms with Crippen LogP contribution in [0.2, 0.25) is 0 Å². The molecular weight excluding hydrogens is 447 g/mol. The quantitative estimate of drug-likeness (QED) is 0.392. The number of ether oxygens (including phenoxy) is 2. The molecule has 3 aromatic carbocycles. The standard InChI is InChI=1S/C24H19FN4O3.ClH/c1-14-9-19(25)21(11-22(14)30)27-23-18-10-17(31-2)7-8-20(18)28-24(29-23)32-13-16-5-3-15(12-26)4-6-16;/h3-11,30H,13H2,1-2H3,(H,27,28,29);1H. The van der Waals surface area contributed by atoms with E-state index >= 15 is 0 Å². The Morgan fingerprint density at radius 3 is 2.55 bits per heavy atom. The Labute approximate surface area is 195 Å². The highest BCUT2D eigenvalue weighted by atomic mass is 35.5. The summed E-state index contributed by atoms with van der Waals surface area (Å²) < 4.78 is 25.5. The highest BCUT2D eigenvalue weighted by molar-refractivity contribution is 5.92. The van der Waals surface area contributed by atoms with Crippen molar-refractivity contribution in [3.63, 3.8) is 0 Å². The van der Waals surface area contributed by atoms with E-state index in [1.54, 1.807) is 56.5 Å². The van der Waals surface area contributed by atoms with Crippen LogP contribution in [-0.2, 0) is 6.61 Å². The molecule has 0 aliphatic carbocycles. The van der Waals surface area contributed by atoms with Crippen LogP contribution in [0.3, 0.4) is 0 Å². The van der Waals surface area contributed by atoms with E-state index in [4.69, 9.17) is 14.7 Å². The maximum absolute atomic E-state index is 14.5. The number of rotatable bonds is 6. The van der Waals surface area contributed by atoms with Gasteiger partial charge in [0, 0.05) is 11.5 Å². The molecule has 4 rings (SSSR count). The van der Waals surface area contributed by atoms with Crippen molar-refractivity contribution in [3.05, 3.63) is 77.1 Å². The molecule has 0 saturated carbocycles. The number of aromatic hydroxyl groups is 1. The minimum Gasteiger partial charge on any atom is -0.508 e. The number of hydrogen-bond donors (Lipinski definition) is 2. The smallest absolute Gasteiger partial charge is 0.319 e. The molecule has 4 aromatic rings. The summed E-state index contributed by atoms with van der Waals surface area (Å²) in [6, 6.07) is 16.9. The first-order valence-electron chi connectivity index (χ1n) is 9.70. The van der Waals surface area contributed by atoms with Crippen molar-refractivity contribution in [2.24, 2.45) is 0 Å². The third kappa shape index (κ3) is 5.22. The van der Waals surface area contributed by atoms with E-state index in [2.05, 4.69) is 21.4 Å². The van der Waals surface area contributed by atoms with Gasteiger partial charge in [-0.1, -0.05) is 12.1 Å². The molecule has 33 heavy (non-hydrogen) atoms. The largest absolute Gasteiger partial charge is 0.508 e. The number of nitrogens with one attached hydrogen (secondary N) is 1. The summed E-state index contributed by atoms with van der Waals surface area (Å²) >= 11 is 0. The molecule has 0 fully saturated rings. The number of hydrogen-bond acceptors (Lipinski definition) is 7. The molecular formula is C24H20ClFN4O3. The molecule has 0 unspecified atom stereocenters. The summed E-state index contributed by atoms with van der Waals surface area (Å²) in [4.78, 5) is 8.84. The molecule has 0 spiro atoms. The van der Waals surface area contributed by atoms with Gasteiger partial charge >= 0.3 is 6.01 Å². The topological polar surface area (TPSA) is 100 Å². The zero-order chi connectivity index (χ0) is 22.7. The normalized spacial score (nSPS) is 10.2. The summed E-state index contributed by atoms with van der Waals surface area (Å²) in [5, 5.41) is 22.4. The third-order valence-electron chi connectivity index (χ3n) is 4.87. The number of methoxy groups -OCH3 is 1. The molecule has 168 valence electrons. The first-order chi connectivity index (χ1) is 15.5. The zero-order valence-electron chi connectivity index (χ0n) is 17.8. The van der Waals surface area contributed by atoms with Gasteiger partial charge in [-0.25, -0.2) is 4.39 Å². The van der Waals surface area contributed by atoms with Crippen molar-refractivity contribution in [3.8, 4) is 23.6 Å². The average molecular weight is 467 g/mol. The van der Waals surface area contributed by atoms with Gasteiger partial charge in [-0.3, -0.25) is 0 Å². The van der Waals surface area contributed by atoms with Gasteiger partial charge in [-0.15, -0.1) is 12.4 Å². The van der Waals surface area contributed by atoms with Crippen molar-refractivity contribution in [1.82, 2.24) is 9.97 Å². The van der Waals surface area contributed by atoms with Gasteiger partial charge in [0.2, 0.25) is 0 Å². The van der Waals surface area contributed by atoms with Crippen molar-refractivity contribution in [2.75, 3.05) is 12.4 Å². The molecule has 9 heteroatoms. The van der Waals surface area contributed by atoms with E-state index in [1.165, 1.54) is 12.1 Å². The fraction of sp³-hybridized carbons (Fsp3) is 0.125. The van der Waals surface area contributed by atoms with Crippen LogP contribution in [0, 0.1) is 24.1 Å². The predicted molar refractivity (Wildman–Crippen MR) is 125 cm³/mol. The lowest BCUT2D eigenvalue weighted by Gasteiger charge is -2.13. The molecule has 0 aliphatic rings. The third-order valence-corrected chi connectivity index (χ3v) is 4.87. The van der Waals surface area contributed by atoms with Crippen LogP contribution >= 0.6 is 12.4 Å². The second-order valence-corrected chi connectivity index (χ2v) is 7.08. The number of nitrogens with zero attached hydrogens (tertiary/aromatic N) is 3. The van der Waals surface area contributed by atoms with Crippen molar-refractivity contribution >= 4 is 34.8 Å². The van der Waals surface area contributed by atoms with Gasteiger partial charge in [0.05, 0.1) is 29.9 Å². The van der Waals surface area contributed by atoms with E-state index in [0.717, 1.165) is 5.56 Å². The summed E-state index contributed by atoms with van der Waals surface area (Å²) in [5.74, 6) is 0.311. The van der Waals surface area contributed by atoms with Crippen molar-refractivity contribution < 1.29 is 19.0 Å². The lowest BCUT2D eigenvalue weighted by molar-refractivity contribution is 0.282. The minimum absolute atomic E-state index is 0. The highest BCUT2D eigenvalue weighted by Crippen LogP contribution is 2.32. The molecule has 1 heterocycles. The van der Waals surface area contributed by atoms with Gasteiger partial charge in [-0.05, 0) is 54.4 Å².